The third-order valence-corrected chi connectivity index (χ3v) is 4.06. The summed E-state index contributed by atoms with van der Waals surface area (Å²) >= 11 is 0. The van der Waals surface area contributed by atoms with Crippen molar-refractivity contribution in [2.24, 2.45) is 0 Å². The number of aromatic nitrogens is 3. The Balaban J connectivity index is 2.09. The molecular formula is C12H17N5O3. The molecule has 1 aliphatic heterocycles. The smallest absolute Gasteiger partial charge is 0.151 e. The predicted molar refractivity (Wildman–Crippen MR) is 71.7 cm³/mol. The summed E-state index contributed by atoms with van der Waals surface area (Å²) in [7, 11) is 1.74. The van der Waals surface area contributed by atoms with Gasteiger partial charge >= 0.3 is 0 Å². The maximum atomic E-state index is 10.2. The molecule has 0 aromatic carbocycles. The lowest BCUT2D eigenvalue weighted by Gasteiger charge is -2.24. The van der Waals surface area contributed by atoms with E-state index in [1.54, 1.807) is 18.1 Å². The molecule has 1 aliphatic rings. The molecule has 2 aromatic rings. The number of aliphatic hydroxyl groups excluding tert-OH is 3. The van der Waals surface area contributed by atoms with Gasteiger partial charge in [-0.25, -0.2) is 9.97 Å². The number of hydrogen-bond acceptors (Lipinski definition) is 7. The third-order valence-electron chi connectivity index (χ3n) is 4.06. The Morgan fingerprint density at radius 1 is 1.35 bits per heavy atom. The first-order valence-electron chi connectivity index (χ1n) is 6.32. The van der Waals surface area contributed by atoms with Gasteiger partial charge in [-0.15, -0.1) is 0 Å². The molecule has 20 heavy (non-hydrogen) atoms. The summed E-state index contributed by atoms with van der Waals surface area (Å²) in [5.41, 5.74) is 7.70. The lowest BCUT2D eigenvalue weighted by molar-refractivity contribution is 0.0185. The summed E-state index contributed by atoms with van der Waals surface area (Å²) in [5, 5.41) is 29.6. The highest BCUT2D eigenvalue weighted by Gasteiger charge is 2.47. The summed E-state index contributed by atoms with van der Waals surface area (Å²) in [6.07, 6.45) is 1.04. The van der Waals surface area contributed by atoms with Crippen LogP contribution in [0.4, 0.5) is 5.82 Å². The summed E-state index contributed by atoms with van der Waals surface area (Å²) in [6, 6.07) is -0.982. The summed E-state index contributed by atoms with van der Waals surface area (Å²) < 4.78 is 0. The molecule has 0 unspecified atom stereocenters. The minimum Gasteiger partial charge on any atom is -0.395 e. The molecule has 1 saturated heterocycles. The van der Waals surface area contributed by atoms with E-state index in [0.717, 1.165) is 5.56 Å². The number of nitrogens with zero attached hydrogens (tertiary/aromatic N) is 3. The molecule has 108 valence electrons. The minimum absolute atomic E-state index is 0.231. The monoisotopic (exact) mass is 279 g/mol. The summed E-state index contributed by atoms with van der Waals surface area (Å²) in [6.45, 7) is -0.231. The molecule has 6 N–H and O–H groups in total. The number of aromatic amines is 1. The Hall–Kier alpha value is -1.74. The van der Waals surface area contributed by atoms with Crippen molar-refractivity contribution in [3.8, 4) is 0 Å². The highest BCUT2D eigenvalue weighted by Crippen LogP contribution is 2.38. The van der Waals surface area contributed by atoms with Crippen LogP contribution in [0.2, 0.25) is 0 Å². The maximum absolute atomic E-state index is 10.2. The number of likely N-dealkylation sites (tertiary alicyclic amines) is 1. The first-order chi connectivity index (χ1) is 9.56. The number of likely N-dealkylation sites (N-methyl/N-ethyl adjacent to an activating group) is 1. The predicted octanol–water partition coefficient (Wildman–Crippen LogP) is -1.39. The van der Waals surface area contributed by atoms with E-state index >= 15 is 0 Å². The number of H-pyrrole nitrogens is 1. The van der Waals surface area contributed by atoms with E-state index in [2.05, 4.69) is 15.0 Å². The zero-order chi connectivity index (χ0) is 14.4. The van der Waals surface area contributed by atoms with Crippen LogP contribution < -0.4 is 5.73 Å². The molecule has 8 nitrogen and oxygen atoms in total. The molecule has 2 aromatic heterocycles. The van der Waals surface area contributed by atoms with E-state index < -0.39 is 24.3 Å². The van der Waals surface area contributed by atoms with E-state index in [1.807, 2.05) is 0 Å². The van der Waals surface area contributed by atoms with Gasteiger partial charge in [-0.3, -0.25) is 4.90 Å². The van der Waals surface area contributed by atoms with E-state index in [-0.39, 0.29) is 6.61 Å². The van der Waals surface area contributed by atoms with Gasteiger partial charge in [0.15, 0.2) is 5.82 Å². The SMILES string of the molecule is CN1[C@H](CO)[C@@H](O)[C@@H](O)[C@@H]1c1c[nH]c2c(N)ncnc12. The number of rotatable bonds is 2. The number of nitrogens with one attached hydrogen (secondary N) is 1. The van der Waals surface area contributed by atoms with Gasteiger partial charge in [0, 0.05) is 11.8 Å². The minimum atomic E-state index is -1.01. The highest BCUT2D eigenvalue weighted by molar-refractivity contribution is 5.87. The highest BCUT2D eigenvalue weighted by atomic mass is 16.3. The van der Waals surface area contributed by atoms with Crippen LogP contribution in [0.1, 0.15) is 11.6 Å². The largest absolute Gasteiger partial charge is 0.395 e. The van der Waals surface area contributed by atoms with Crippen LogP contribution in [0.5, 0.6) is 0 Å². The normalized spacial score (nSPS) is 31.2. The van der Waals surface area contributed by atoms with E-state index in [0.29, 0.717) is 16.9 Å². The van der Waals surface area contributed by atoms with Crippen LogP contribution >= 0.6 is 0 Å². The lowest BCUT2D eigenvalue weighted by atomic mass is 10.0. The van der Waals surface area contributed by atoms with Crippen LogP contribution in [0, 0.1) is 0 Å². The van der Waals surface area contributed by atoms with Crippen LogP contribution in [0.25, 0.3) is 11.0 Å². The van der Waals surface area contributed by atoms with Crippen molar-refractivity contribution < 1.29 is 15.3 Å². The molecule has 8 heteroatoms. The molecule has 0 spiro atoms. The molecular weight excluding hydrogens is 262 g/mol. The summed E-state index contributed by atoms with van der Waals surface area (Å²) in [4.78, 5) is 12.8. The zero-order valence-corrected chi connectivity index (χ0v) is 10.9. The molecule has 0 saturated carbocycles. The fourth-order valence-corrected chi connectivity index (χ4v) is 2.95. The number of anilines is 1. The average molecular weight is 279 g/mol. The van der Waals surface area contributed by atoms with Gasteiger partial charge in [-0.2, -0.15) is 0 Å². The van der Waals surface area contributed by atoms with Crippen molar-refractivity contribution in [1.29, 1.82) is 0 Å². The van der Waals surface area contributed by atoms with Crippen molar-refractivity contribution in [2.75, 3.05) is 19.4 Å². The Kier molecular flexibility index (Phi) is 3.09. The topological polar surface area (TPSA) is 132 Å². The van der Waals surface area contributed by atoms with E-state index in [4.69, 9.17) is 5.73 Å². The van der Waals surface area contributed by atoms with Gasteiger partial charge < -0.3 is 26.0 Å². The number of fused-ring (bicyclic) bond motifs is 1. The molecule has 3 rings (SSSR count). The van der Waals surface area contributed by atoms with E-state index in [9.17, 15) is 15.3 Å². The number of hydrogen-bond donors (Lipinski definition) is 5. The zero-order valence-electron chi connectivity index (χ0n) is 10.9. The molecule has 3 heterocycles. The van der Waals surface area contributed by atoms with Gasteiger partial charge in [-0.05, 0) is 7.05 Å². The second-order valence-electron chi connectivity index (χ2n) is 5.07. The van der Waals surface area contributed by atoms with Crippen LogP contribution in [-0.4, -0.2) is 67.1 Å². The Morgan fingerprint density at radius 2 is 2.10 bits per heavy atom. The van der Waals surface area contributed by atoms with Crippen molar-refractivity contribution in [2.45, 2.75) is 24.3 Å². The second-order valence-corrected chi connectivity index (χ2v) is 5.07. The average Bonchev–Trinajstić information content (AvgIpc) is 2.92. The van der Waals surface area contributed by atoms with Gasteiger partial charge in [0.1, 0.15) is 17.9 Å². The van der Waals surface area contributed by atoms with Gasteiger partial charge in [-0.1, -0.05) is 0 Å². The third kappa shape index (κ3) is 1.70. The fourth-order valence-electron chi connectivity index (χ4n) is 2.95. The Labute approximate surface area is 114 Å². The standard InChI is InChI=1S/C12H17N5O3/c1-17-6(3-18)10(19)11(20)9(17)5-2-14-8-7(5)15-4-16-12(8)13/h2,4,6,9-11,14,18-20H,3H2,1H3,(H2,13,15,16)/t6-,9+,10-,11+/m1/s1. The summed E-state index contributed by atoms with van der Waals surface area (Å²) in [5.74, 6) is 0.329. The van der Waals surface area contributed by atoms with Crippen LogP contribution in [0.15, 0.2) is 12.5 Å². The van der Waals surface area contributed by atoms with Gasteiger partial charge in [0.2, 0.25) is 0 Å². The molecule has 0 aliphatic carbocycles. The molecule has 0 bridgehead atoms. The van der Waals surface area contributed by atoms with Crippen molar-refractivity contribution in [1.82, 2.24) is 19.9 Å². The Morgan fingerprint density at radius 3 is 2.75 bits per heavy atom. The molecule has 4 atom stereocenters. The second kappa shape index (κ2) is 4.67. The van der Waals surface area contributed by atoms with Crippen LogP contribution in [0.3, 0.4) is 0 Å². The molecule has 0 radical (unpaired) electrons. The first-order valence-corrected chi connectivity index (χ1v) is 6.32. The maximum Gasteiger partial charge on any atom is 0.151 e. The van der Waals surface area contributed by atoms with Crippen molar-refractivity contribution in [3.05, 3.63) is 18.1 Å². The van der Waals surface area contributed by atoms with E-state index in [1.165, 1.54) is 6.33 Å². The van der Waals surface area contributed by atoms with Gasteiger partial charge in [0.05, 0.1) is 30.3 Å². The number of nitrogens with two attached hydrogens (primary N) is 1. The van der Waals surface area contributed by atoms with Gasteiger partial charge in [0.25, 0.3) is 0 Å². The number of nitrogen functional groups attached to an aromatic ring is 1. The molecule has 0 amide bonds. The quantitative estimate of drug-likeness (QED) is 0.457. The number of aliphatic hydroxyl groups is 3. The fraction of sp³-hybridized carbons (Fsp3) is 0.500. The lowest BCUT2D eigenvalue weighted by Crippen LogP contribution is -2.37. The van der Waals surface area contributed by atoms with Crippen LogP contribution in [-0.2, 0) is 0 Å². The van der Waals surface area contributed by atoms with Crippen molar-refractivity contribution >= 4 is 16.9 Å². The first kappa shape index (κ1) is 13.3. The molecule has 1 fully saturated rings. The van der Waals surface area contributed by atoms with Crippen molar-refractivity contribution in [3.63, 3.8) is 0 Å². The Bertz CT molecular complexity index is 631.